The van der Waals surface area contributed by atoms with Gasteiger partial charge in [-0.15, -0.1) is 0 Å². The molecule has 3 heterocycles. The van der Waals surface area contributed by atoms with Crippen molar-refractivity contribution in [2.75, 3.05) is 31.1 Å². The number of pyridine rings is 1. The first kappa shape index (κ1) is 19.1. The molecule has 1 fully saturated rings. The maximum Gasteiger partial charge on any atom is 0.387 e. The molecule has 0 spiro atoms. The van der Waals surface area contributed by atoms with Gasteiger partial charge in [-0.1, -0.05) is 0 Å². The van der Waals surface area contributed by atoms with E-state index in [1.807, 2.05) is 17.9 Å². The summed E-state index contributed by atoms with van der Waals surface area (Å²) in [6.07, 6.45) is 3.06. The van der Waals surface area contributed by atoms with Crippen LogP contribution in [0.4, 0.5) is 14.5 Å². The van der Waals surface area contributed by atoms with Crippen molar-refractivity contribution in [2.45, 2.75) is 20.5 Å². The number of ether oxygens (including phenoxy) is 1. The summed E-state index contributed by atoms with van der Waals surface area (Å²) in [6, 6.07) is 5.08. The van der Waals surface area contributed by atoms with Crippen molar-refractivity contribution < 1.29 is 22.7 Å². The number of carbonyl (C=O) groups is 1. The first-order chi connectivity index (χ1) is 13.9. The Morgan fingerprint density at radius 3 is 2.62 bits per heavy atom. The largest absolute Gasteiger partial charge is 0.440 e. The van der Waals surface area contributed by atoms with Gasteiger partial charge < -0.3 is 19.0 Å². The fourth-order valence-corrected chi connectivity index (χ4v) is 3.54. The molecule has 1 aliphatic heterocycles. The summed E-state index contributed by atoms with van der Waals surface area (Å²) < 4.78 is 35.2. The Labute approximate surface area is 165 Å². The van der Waals surface area contributed by atoms with E-state index in [1.165, 1.54) is 6.20 Å². The second-order valence-electron chi connectivity index (χ2n) is 6.93. The van der Waals surface area contributed by atoms with Gasteiger partial charge in [0.15, 0.2) is 11.5 Å². The highest BCUT2D eigenvalue weighted by atomic mass is 19.3. The molecule has 0 aliphatic carbocycles. The summed E-state index contributed by atoms with van der Waals surface area (Å²) in [5.74, 6) is 0.449. The number of alkyl halides is 2. The van der Waals surface area contributed by atoms with E-state index < -0.39 is 6.61 Å². The van der Waals surface area contributed by atoms with Gasteiger partial charge in [-0.05, 0) is 24.6 Å². The van der Waals surface area contributed by atoms with Crippen LogP contribution in [-0.2, 0) is 0 Å². The molecule has 0 N–H and O–H groups in total. The van der Waals surface area contributed by atoms with Crippen molar-refractivity contribution in [1.29, 1.82) is 0 Å². The molecule has 9 heteroatoms. The van der Waals surface area contributed by atoms with Crippen LogP contribution in [0.3, 0.4) is 0 Å². The van der Waals surface area contributed by atoms with Crippen LogP contribution in [0, 0.1) is 13.8 Å². The summed E-state index contributed by atoms with van der Waals surface area (Å²) in [4.78, 5) is 25.1. The molecule has 1 aliphatic rings. The summed E-state index contributed by atoms with van der Waals surface area (Å²) in [6.45, 7) is 2.80. The number of hydrogen-bond acceptors (Lipinski definition) is 6. The zero-order valence-electron chi connectivity index (χ0n) is 16.1. The number of piperazine rings is 1. The number of carbonyl (C=O) groups excluding carboxylic acids is 1. The third-order valence-corrected chi connectivity index (χ3v) is 4.83. The molecule has 4 rings (SSSR count). The van der Waals surface area contributed by atoms with Gasteiger partial charge >= 0.3 is 6.61 Å². The van der Waals surface area contributed by atoms with Gasteiger partial charge in [0.1, 0.15) is 16.8 Å². The fraction of sp³-hybridized carbons (Fsp3) is 0.350. The first-order valence-electron chi connectivity index (χ1n) is 9.22. The van der Waals surface area contributed by atoms with Crippen molar-refractivity contribution in [1.82, 2.24) is 14.9 Å². The average Bonchev–Trinajstić information content (AvgIpc) is 3.06. The number of nitrogens with zero attached hydrogens (tertiary/aromatic N) is 4. The van der Waals surface area contributed by atoms with Crippen LogP contribution >= 0.6 is 0 Å². The van der Waals surface area contributed by atoms with Gasteiger partial charge in [-0.3, -0.25) is 9.78 Å². The number of halogens is 2. The van der Waals surface area contributed by atoms with E-state index >= 15 is 0 Å². The Hall–Kier alpha value is -3.23. The third kappa shape index (κ3) is 3.98. The van der Waals surface area contributed by atoms with Crippen LogP contribution in [0.1, 0.15) is 21.8 Å². The fourth-order valence-electron chi connectivity index (χ4n) is 3.54. The SMILES string of the molecule is Cc1cc(OC(F)F)cc(N2CCN(C(=O)c3cncc4nc(C)oc34)CC2)c1. The minimum atomic E-state index is -2.87. The highest BCUT2D eigenvalue weighted by Crippen LogP contribution is 2.27. The van der Waals surface area contributed by atoms with Gasteiger partial charge in [0, 0.05) is 51.1 Å². The standard InChI is InChI=1S/C20H20F2N4O3/c1-12-7-14(9-15(8-12)29-20(21)22)25-3-5-26(6-4-25)19(27)16-10-23-11-17-18(16)28-13(2)24-17/h7-11,20H,3-6H2,1-2H3. The number of amides is 1. The summed E-state index contributed by atoms with van der Waals surface area (Å²) in [7, 11) is 0. The van der Waals surface area contributed by atoms with Crippen molar-refractivity contribution >= 4 is 22.7 Å². The molecule has 0 unspecified atom stereocenters. The van der Waals surface area contributed by atoms with E-state index in [9.17, 15) is 13.6 Å². The van der Waals surface area contributed by atoms with E-state index in [4.69, 9.17) is 4.42 Å². The highest BCUT2D eigenvalue weighted by Gasteiger charge is 2.25. The van der Waals surface area contributed by atoms with Gasteiger partial charge in [0.2, 0.25) is 0 Å². The minimum absolute atomic E-state index is 0.131. The van der Waals surface area contributed by atoms with Gasteiger partial charge in [-0.25, -0.2) is 4.98 Å². The van der Waals surface area contributed by atoms with E-state index in [1.54, 1.807) is 30.2 Å². The minimum Gasteiger partial charge on any atom is -0.440 e. The number of benzene rings is 1. The number of hydrogen-bond donors (Lipinski definition) is 0. The van der Waals surface area contributed by atoms with Crippen LogP contribution in [0.25, 0.3) is 11.1 Å². The third-order valence-electron chi connectivity index (χ3n) is 4.83. The number of aromatic nitrogens is 2. The lowest BCUT2D eigenvalue weighted by Crippen LogP contribution is -2.48. The molecule has 0 bridgehead atoms. The Morgan fingerprint density at radius 1 is 1.14 bits per heavy atom. The molecule has 29 heavy (non-hydrogen) atoms. The molecule has 0 atom stereocenters. The molecule has 2 aromatic heterocycles. The average molecular weight is 402 g/mol. The molecule has 1 saturated heterocycles. The van der Waals surface area contributed by atoms with Crippen LogP contribution in [0.5, 0.6) is 5.75 Å². The quantitative estimate of drug-likeness (QED) is 0.666. The van der Waals surface area contributed by atoms with Crippen molar-refractivity contribution in [3.63, 3.8) is 0 Å². The molecule has 0 saturated carbocycles. The molecule has 152 valence electrons. The summed E-state index contributed by atoms with van der Waals surface area (Å²) >= 11 is 0. The lowest BCUT2D eigenvalue weighted by molar-refractivity contribution is -0.0498. The van der Waals surface area contributed by atoms with Gasteiger partial charge in [0.05, 0.1) is 6.20 Å². The predicted molar refractivity (Wildman–Crippen MR) is 102 cm³/mol. The zero-order valence-corrected chi connectivity index (χ0v) is 16.1. The van der Waals surface area contributed by atoms with Crippen LogP contribution in [0.15, 0.2) is 35.0 Å². The van der Waals surface area contributed by atoms with Crippen molar-refractivity contribution in [2.24, 2.45) is 0 Å². The zero-order chi connectivity index (χ0) is 20.5. The van der Waals surface area contributed by atoms with E-state index in [0.717, 1.165) is 11.3 Å². The molecule has 1 amide bonds. The Bertz CT molecular complexity index is 1050. The van der Waals surface area contributed by atoms with E-state index in [-0.39, 0.29) is 11.7 Å². The topological polar surface area (TPSA) is 71.7 Å². The van der Waals surface area contributed by atoms with Gasteiger partial charge in [-0.2, -0.15) is 8.78 Å². The Kier molecular flexibility index (Phi) is 5.04. The van der Waals surface area contributed by atoms with Gasteiger partial charge in [0.25, 0.3) is 5.91 Å². The van der Waals surface area contributed by atoms with Crippen LogP contribution < -0.4 is 9.64 Å². The number of aryl methyl sites for hydroxylation is 2. The summed E-state index contributed by atoms with van der Waals surface area (Å²) in [5.41, 5.74) is 3.01. The van der Waals surface area contributed by atoms with Crippen molar-refractivity contribution in [3.05, 3.63) is 47.6 Å². The maximum atomic E-state index is 13.0. The first-order valence-corrected chi connectivity index (χ1v) is 9.22. The lowest BCUT2D eigenvalue weighted by Gasteiger charge is -2.36. The molecule has 3 aromatic rings. The Morgan fingerprint density at radius 2 is 1.90 bits per heavy atom. The number of fused-ring (bicyclic) bond motifs is 1. The van der Waals surface area contributed by atoms with Crippen molar-refractivity contribution in [3.8, 4) is 5.75 Å². The van der Waals surface area contributed by atoms with Crippen LogP contribution in [0.2, 0.25) is 0 Å². The number of anilines is 1. The molecular formula is C20H20F2N4O3. The Balaban J connectivity index is 1.48. The lowest BCUT2D eigenvalue weighted by atomic mass is 10.1. The van der Waals surface area contributed by atoms with Crippen LogP contribution in [-0.4, -0.2) is 53.6 Å². The highest BCUT2D eigenvalue weighted by molar-refractivity contribution is 6.03. The number of rotatable bonds is 4. The molecule has 0 radical (unpaired) electrons. The second kappa shape index (κ2) is 7.65. The molecule has 1 aromatic carbocycles. The normalized spacial score (nSPS) is 14.7. The smallest absolute Gasteiger partial charge is 0.387 e. The monoisotopic (exact) mass is 402 g/mol. The van der Waals surface area contributed by atoms with E-state index in [2.05, 4.69) is 14.7 Å². The number of oxazole rings is 1. The maximum absolute atomic E-state index is 13.0. The predicted octanol–water partition coefficient (Wildman–Crippen LogP) is 3.40. The van der Waals surface area contributed by atoms with E-state index in [0.29, 0.717) is 48.7 Å². The summed E-state index contributed by atoms with van der Waals surface area (Å²) in [5, 5.41) is 0. The molecule has 7 nitrogen and oxygen atoms in total. The molecular weight excluding hydrogens is 382 g/mol. The second-order valence-corrected chi connectivity index (χ2v) is 6.93.